The van der Waals surface area contributed by atoms with Crippen LogP contribution in [0.25, 0.3) is 4.96 Å². The molecule has 2 amide bonds. The molecule has 1 saturated heterocycles. The number of likely N-dealkylation sites (tertiary alicyclic amines) is 1. The molecule has 1 aliphatic rings. The minimum atomic E-state index is -0.276. The molecule has 0 spiro atoms. The number of carbonyl (C=O) groups is 2. The van der Waals surface area contributed by atoms with Crippen LogP contribution in [-0.2, 0) is 4.74 Å². The average Bonchev–Trinajstić information content (AvgIpc) is 3.11. The number of nitrogens with one attached hydrogen (secondary N) is 1. The second kappa shape index (κ2) is 6.57. The fourth-order valence-electron chi connectivity index (χ4n) is 2.68. The first kappa shape index (κ1) is 15.8. The van der Waals surface area contributed by atoms with E-state index in [-0.39, 0.29) is 18.0 Å². The van der Waals surface area contributed by atoms with Gasteiger partial charge in [-0.05, 0) is 26.7 Å². The summed E-state index contributed by atoms with van der Waals surface area (Å²) in [5.74, 6) is -0.158. The van der Waals surface area contributed by atoms with Crippen LogP contribution in [0.2, 0.25) is 0 Å². The smallest absolute Gasteiger partial charge is 0.409 e. The lowest BCUT2D eigenvalue weighted by molar-refractivity contribution is 0.0857. The zero-order chi connectivity index (χ0) is 16.4. The van der Waals surface area contributed by atoms with E-state index in [0.29, 0.717) is 25.4 Å². The summed E-state index contributed by atoms with van der Waals surface area (Å²) in [6, 6.07) is 0.0639. The van der Waals surface area contributed by atoms with Crippen molar-refractivity contribution in [2.75, 3.05) is 19.7 Å². The molecule has 7 nitrogen and oxygen atoms in total. The minimum Gasteiger partial charge on any atom is -0.450 e. The van der Waals surface area contributed by atoms with Gasteiger partial charge in [-0.25, -0.2) is 9.78 Å². The summed E-state index contributed by atoms with van der Waals surface area (Å²) in [6.45, 7) is 5.36. The molecular formula is C15H20N4O3S. The molecule has 0 unspecified atom stereocenters. The number of carbonyl (C=O) groups excluding carboxylic acids is 2. The van der Waals surface area contributed by atoms with Crippen molar-refractivity contribution in [2.24, 2.45) is 0 Å². The molecule has 0 saturated carbocycles. The van der Waals surface area contributed by atoms with Gasteiger partial charge in [0.1, 0.15) is 5.69 Å². The van der Waals surface area contributed by atoms with Crippen LogP contribution in [0.3, 0.4) is 0 Å². The third kappa shape index (κ3) is 3.31. The average molecular weight is 336 g/mol. The number of imidazole rings is 1. The summed E-state index contributed by atoms with van der Waals surface area (Å²) in [6.07, 6.45) is 2.95. The highest BCUT2D eigenvalue weighted by atomic mass is 32.1. The topological polar surface area (TPSA) is 75.9 Å². The lowest BCUT2D eigenvalue weighted by Crippen LogP contribution is -2.46. The molecule has 1 N–H and O–H groups in total. The van der Waals surface area contributed by atoms with Crippen molar-refractivity contribution in [1.29, 1.82) is 0 Å². The Morgan fingerprint density at radius 3 is 2.83 bits per heavy atom. The van der Waals surface area contributed by atoms with Crippen molar-refractivity contribution in [3.63, 3.8) is 0 Å². The van der Waals surface area contributed by atoms with Crippen molar-refractivity contribution in [3.05, 3.63) is 23.0 Å². The van der Waals surface area contributed by atoms with E-state index in [1.807, 2.05) is 16.7 Å². The van der Waals surface area contributed by atoms with Gasteiger partial charge in [0.15, 0.2) is 4.96 Å². The van der Waals surface area contributed by atoms with E-state index in [9.17, 15) is 9.59 Å². The third-order valence-corrected chi connectivity index (χ3v) is 4.94. The highest BCUT2D eigenvalue weighted by molar-refractivity contribution is 7.15. The summed E-state index contributed by atoms with van der Waals surface area (Å²) < 4.78 is 6.91. The van der Waals surface area contributed by atoms with Gasteiger partial charge in [-0.15, -0.1) is 11.3 Å². The van der Waals surface area contributed by atoms with Crippen molar-refractivity contribution in [3.8, 4) is 0 Å². The second-order valence-electron chi connectivity index (χ2n) is 5.59. The number of hydrogen-bond donors (Lipinski definition) is 1. The number of aryl methyl sites for hydroxylation is 1. The van der Waals surface area contributed by atoms with E-state index in [1.165, 1.54) is 11.3 Å². The molecule has 3 rings (SSSR count). The van der Waals surface area contributed by atoms with Crippen molar-refractivity contribution >= 4 is 28.3 Å². The monoisotopic (exact) mass is 336 g/mol. The predicted octanol–water partition coefficient (Wildman–Crippen LogP) is 2.05. The van der Waals surface area contributed by atoms with Crippen LogP contribution in [-0.4, -0.2) is 52.0 Å². The Morgan fingerprint density at radius 2 is 2.17 bits per heavy atom. The lowest BCUT2D eigenvalue weighted by atomic mass is 10.1. The molecule has 0 aliphatic carbocycles. The first-order valence-electron chi connectivity index (χ1n) is 7.74. The van der Waals surface area contributed by atoms with Crippen LogP contribution in [0.5, 0.6) is 0 Å². The van der Waals surface area contributed by atoms with E-state index in [2.05, 4.69) is 10.3 Å². The molecule has 2 aromatic heterocycles. The zero-order valence-electron chi connectivity index (χ0n) is 13.2. The van der Waals surface area contributed by atoms with Crippen LogP contribution in [0.15, 0.2) is 11.6 Å². The Bertz CT molecular complexity index is 715. The third-order valence-electron chi connectivity index (χ3n) is 3.98. The van der Waals surface area contributed by atoms with E-state index in [4.69, 9.17) is 4.74 Å². The Kier molecular flexibility index (Phi) is 4.51. The molecule has 0 radical (unpaired) electrons. The Labute approximate surface area is 138 Å². The highest BCUT2D eigenvalue weighted by Crippen LogP contribution is 2.17. The summed E-state index contributed by atoms with van der Waals surface area (Å²) in [5.41, 5.74) is 1.51. The highest BCUT2D eigenvalue weighted by Gasteiger charge is 2.25. The van der Waals surface area contributed by atoms with E-state index < -0.39 is 0 Å². The quantitative estimate of drug-likeness (QED) is 0.931. The number of aromatic nitrogens is 2. The zero-order valence-corrected chi connectivity index (χ0v) is 14.1. The molecule has 0 atom stereocenters. The summed E-state index contributed by atoms with van der Waals surface area (Å²) in [5, 5.41) is 5.02. The number of piperidine rings is 1. The molecule has 0 aromatic carbocycles. The van der Waals surface area contributed by atoms with Gasteiger partial charge in [-0.1, -0.05) is 0 Å². The van der Waals surface area contributed by atoms with E-state index in [1.54, 1.807) is 18.0 Å². The molecule has 1 fully saturated rings. The number of rotatable bonds is 3. The number of nitrogens with zero attached hydrogens (tertiary/aromatic N) is 3. The van der Waals surface area contributed by atoms with Gasteiger partial charge >= 0.3 is 6.09 Å². The normalized spacial score (nSPS) is 15.8. The fourth-order valence-corrected chi connectivity index (χ4v) is 3.53. The summed E-state index contributed by atoms with van der Waals surface area (Å²) in [7, 11) is 0. The van der Waals surface area contributed by atoms with Gasteiger partial charge in [0.25, 0.3) is 5.91 Å². The summed E-state index contributed by atoms with van der Waals surface area (Å²) >= 11 is 1.52. The fraction of sp³-hybridized carbons (Fsp3) is 0.533. The molecule has 2 aromatic rings. The minimum absolute atomic E-state index is 0.0639. The van der Waals surface area contributed by atoms with Crippen LogP contribution >= 0.6 is 11.3 Å². The van der Waals surface area contributed by atoms with Gasteiger partial charge in [0.05, 0.1) is 6.61 Å². The van der Waals surface area contributed by atoms with Gasteiger partial charge in [0.2, 0.25) is 0 Å². The molecular weight excluding hydrogens is 316 g/mol. The van der Waals surface area contributed by atoms with Gasteiger partial charge < -0.3 is 15.0 Å². The standard InChI is InChI=1S/C15H20N4O3S/c1-3-22-15(21)18-6-4-11(5-7-18)16-13(20)12-8-19-10(2)9-23-14(19)17-12/h8-9,11H,3-7H2,1-2H3,(H,16,20). The second-order valence-corrected chi connectivity index (χ2v) is 6.43. The molecule has 3 heterocycles. The van der Waals surface area contributed by atoms with Crippen LogP contribution in [0, 0.1) is 6.92 Å². The van der Waals surface area contributed by atoms with Crippen LogP contribution < -0.4 is 5.32 Å². The van der Waals surface area contributed by atoms with Gasteiger partial charge in [-0.3, -0.25) is 9.20 Å². The van der Waals surface area contributed by atoms with Crippen LogP contribution in [0.4, 0.5) is 4.79 Å². The maximum atomic E-state index is 12.3. The van der Waals surface area contributed by atoms with Crippen LogP contribution in [0.1, 0.15) is 35.9 Å². The Hall–Kier alpha value is -2.09. The molecule has 8 heteroatoms. The van der Waals surface area contributed by atoms with Crippen molar-refractivity contribution in [2.45, 2.75) is 32.7 Å². The lowest BCUT2D eigenvalue weighted by Gasteiger charge is -2.31. The number of ether oxygens (including phenoxy) is 1. The van der Waals surface area contributed by atoms with Crippen molar-refractivity contribution < 1.29 is 14.3 Å². The number of fused-ring (bicyclic) bond motifs is 1. The molecule has 23 heavy (non-hydrogen) atoms. The molecule has 1 aliphatic heterocycles. The first-order chi connectivity index (χ1) is 11.1. The number of hydrogen-bond acceptors (Lipinski definition) is 5. The van der Waals surface area contributed by atoms with Gasteiger partial charge in [0, 0.05) is 36.4 Å². The maximum Gasteiger partial charge on any atom is 0.409 e. The Morgan fingerprint density at radius 1 is 1.43 bits per heavy atom. The number of thiazole rings is 1. The molecule has 0 bridgehead atoms. The largest absolute Gasteiger partial charge is 0.450 e. The summed E-state index contributed by atoms with van der Waals surface area (Å²) in [4.78, 5) is 30.8. The maximum absolute atomic E-state index is 12.3. The predicted molar refractivity (Wildman–Crippen MR) is 86.9 cm³/mol. The van der Waals surface area contributed by atoms with E-state index in [0.717, 1.165) is 23.5 Å². The Balaban J connectivity index is 1.56. The first-order valence-corrected chi connectivity index (χ1v) is 8.62. The van der Waals surface area contributed by atoms with E-state index >= 15 is 0 Å². The SMILES string of the molecule is CCOC(=O)N1CCC(NC(=O)c2cn3c(C)csc3n2)CC1. The molecule has 124 valence electrons. The van der Waals surface area contributed by atoms with Gasteiger partial charge in [-0.2, -0.15) is 0 Å². The van der Waals surface area contributed by atoms with Crippen molar-refractivity contribution in [1.82, 2.24) is 19.6 Å². The number of amides is 2.